The molecule has 74 valence electrons. The average molecular weight is 254 g/mol. The largest absolute Gasteiger partial charge is 0.355 e. The predicted octanol–water partition coefficient (Wildman–Crippen LogP) is 2.23. The Labute approximate surface area is 91.8 Å². The van der Waals surface area contributed by atoms with Crippen molar-refractivity contribution in [2.24, 2.45) is 0 Å². The van der Waals surface area contributed by atoms with E-state index in [1.807, 2.05) is 31.2 Å². The van der Waals surface area contributed by atoms with Crippen LogP contribution in [0.25, 0.3) is 0 Å². The van der Waals surface area contributed by atoms with Crippen molar-refractivity contribution in [2.75, 3.05) is 6.54 Å². The highest BCUT2D eigenvalue weighted by Gasteiger charge is 2.38. The molecule has 0 aromatic heterocycles. The molecule has 0 radical (unpaired) electrons. The third kappa shape index (κ3) is 1.46. The molecule has 3 heteroatoms. The van der Waals surface area contributed by atoms with Crippen molar-refractivity contribution in [2.45, 2.75) is 18.8 Å². The standard InChI is InChI=1S/C11H12BrNO/c1-11(6-7-13-10(11)14)8-2-4-9(12)5-3-8/h2-5H,6-7H2,1H3,(H,13,14). The summed E-state index contributed by atoms with van der Waals surface area (Å²) >= 11 is 3.39. The van der Waals surface area contributed by atoms with E-state index in [-0.39, 0.29) is 11.3 Å². The summed E-state index contributed by atoms with van der Waals surface area (Å²) in [4.78, 5) is 11.7. The van der Waals surface area contributed by atoms with Crippen LogP contribution < -0.4 is 5.32 Å². The summed E-state index contributed by atoms with van der Waals surface area (Å²) in [6, 6.07) is 7.97. The fraction of sp³-hybridized carbons (Fsp3) is 0.364. The Bertz CT molecular complexity index is 360. The molecular formula is C11H12BrNO. The molecule has 0 spiro atoms. The topological polar surface area (TPSA) is 29.1 Å². The highest BCUT2D eigenvalue weighted by atomic mass is 79.9. The van der Waals surface area contributed by atoms with Crippen molar-refractivity contribution in [3.05, 3.63) is 34.3 Å². The van der Waals surface area contributed by atoms with Crippen LogP contribution in [0.5, 0.6) is 0 Å². The van der Waals surface area contributed by atoms with Crippen molar-refractivity contribution in [1.82, 2.24) is 5.32 Å². The van der Waals surface area contributed by atoms with Gasteiger partial charge < -0.3 is 5.32 Å². The second-order valence-electron chi connectivity index (χ2n) is 3.84. The van der Waals surface area contributed by atoms with Gasteiger partial charge in [0.05, 0.1) is 5.41 Å². The Morgan fingerprint density at radius 3 is 2.50 bits per heavy atom. The number of carbonyl (C=O) groups is 1. The van der Waals surface area contributed by atoms with E-state index >= 15 is 0 Å². The van der Waals surface area contributed by atoms with Gasteiger partial charge in [0.25, 0.3) is 0 Å². The van der Waals surface area contributed by atoms with E-state index in [0.717, 1.165) is 23.0 Å². The van der Waals surface area contributed by atoms with Gasteiger partial charge in [-0.25, -0.2) is 0 Å². The van der Waals surface area contributed by atoms with Crippen molar-refractivity contribution in [1.29, 1.82) is 0 Å². The monoisotopic (exact) mass is 253 g/mol. The van der Waals surface area contributed by atoms with Crippen molar-refractivity contribution in [3.8, 4) is 0 Å². The zero-order valence-corrected chi connectivity index (χ0v) is 9.60. The Morgan fingerprint density at radius 2 is 2.00 bits per heavy atom. The highest BCUT2D eigenvalue weighted by molar-refractivity contribution is 9.10. The molecule has 1 N–H and O–H groups in total. The van der Waals surface area contributed by atoms with Gasteiger partial charge in [0, 0.05) is 11.0 Å². The van der Waals surface area contributed by atoms with Gasteiger partial charge in [-0.15, -0.1) is 0 Å². The number of amides is 1. The Hall–Kier alpha value is -0.830. The second-order valence-corrected chi connectivity index (χ2v) is 4.76. The lowest BCUT2D eigenvalue weighted by Gasteiger charge is -2.20. The molecule has 1 aromatic carbocycles. The van der Waals surface area contributed by atoms with Crippen LogP contribution in [0.1, 0.15) is 18.9 Å². The fourth-order valence-electron chi connectivity index (χ4n) is 1.83. The van der Waals surface area contributed by atoms with Gasteiger partial charge in [0.1, 0.15) is 0 Å². The second kappa shape index (κ2) is 3.39. The zero-order valence-electron chi connectivity index (χ0n) is 8.01. The van der Waals surface area contributed by atoms with Gasteiger partial charge in [-0.05, 0) is 31.0 Å². The number of halogens is 1. The molecule has 14 heavy (non-hydrogen) atoms. The molecule has 1 fully saturated rings. The Kier molecular flexibility index (Phi) is 2.35. The van der Waals surface area contributed by atoms with E-state index in [4.69, 9.17) is 0 Å². The van der Waals surface area contributed by atoms with Crippen LogP contribution in [0.4, 0.5) is 0 Å². The SMILES string of the molecule is CC1(c2ccc(Br)cc2)CCNC1=O. The minimum atomic E-state index is -0.333. The first-order chi connectivity index (χ1) is 6.63. The van der Waals surface area contributed by atoms with Crippen LogP contribution >= 0.6 is 15.9 Å². The van der Waals surface area contributed by atoms with Crippen LogP contribution in [-0.2, 0) is 10.2 Å². The van der Waals surface area contributed by atoms with Crippen LogP contribution in [0.15, 0.2) is 28.7 Å². The summed E-state index contributed by atoms with van der Waals surface area (Å²) < 4.78 is 1.04. The molecular weight excluding hydrogens is 242 g/mol. The molecule has 1 aliphatic heterocycles. The first kappa shape index (κ1) is 9.71. The first-order valence-electron chi connectivity index (χ1n) is 4.67. The summed E-state index contributed by atoms with van der Waals surface area (Å²) in [5, 5.41) is 2.87. The molecule has 2 rings (SSSR count). The Balaban J connectivity index is 2.38. The summed E-state index contributed by atoms with van der Waals surface area (Å²) in [6.07, 6.45) is 0.882. The van der Waals surface area contributed by atoms with Crippen LogP contribution in [0.3, 0.4) is 0 Å². The third-order valence-electron chi connectivity index (χ3n) is 2.89. The molecule has 1 amide bonds. The molecule has 1 unspecified atom stereocenters. The summed E-state index contributed by atoms with van der Waals surface area (Å²) in [7, 11) is 0. The van der Waals surface area contributed by atoms with Crippen LogP contribution in [0, 0.1) is 0 Å². The maximum absolute atomic E-state index is 11.7. The number of benzene rings is 1. The maximum atomic E-state index is 11.7. The third-order valence-corrected chi connectivity index (χ3v) is 3.42. The molecule has 1 aliphatic rings. The van der Waals surface area contributed by atoms with Crippen molar-refractivity contribution < 1.29 is 4.79 Å². The quantitative estimate of drug-likeness (QED) is 0.818. The number of carbonyl (C=O) groups excluding carboxylic acids is 1. The van der Waals surface area contributed by atoms with Gasteiger partial charge >= 0.3 is 0 Å². The highest BCUT2D eigenvalue weighted by Crippen LogP contribution is 2.31. The minimum Gasteiger partial charge on any atom is -0.355 e. The normalized spacial score (nSPS) is 26.3. The molecule has 0 aliphatic carbocycles. The first-order valence-corrected chi connectivity index (χ1v) is 5.46. The molecule has 0 bridgehead atoms. The van der Waals surface area contributed by atoms with Gasteiger partial charge in [0.15, 0.2) is 0 Å². The Morgan fingerprint density at radius 1 is 1.36 bits per heavy atom. The minimum absolute atomic E-state index is 0.139. The molecule has 0 saturated carbocycles. The average Bonchev–Trinajstić information content (AvgIpc) is 2.49. The van der Waals surface area contributed by atoms with E-state index in [9.17, 15) is 4.79 Å². The number of rotatable bonds is 1. The lowest BCUT2D eigenvalue weighted by Crippen LogP contribution is -2.32. The smallest absolute Gasteiger partial charge is 0.230 e. The summed E-state index contributed by atoms with van der Waals surface area (Å²) in [5.74, 6) is 0.139. The molecule has 1 saturated heterocycles. The van der Waals surface area contributed by atoms with E-state index < -0.39 is 0 Å². The number of hydrogen-bond acceptors (Lipinski definition) is 1. The van der Waals surface area contributed by atoms with Crippen molar-refractivity contribution >= 4 is 21.8 Å². The van der Waals surface area contributed by atoms with Gasteiger partial charge in [0.2, 0.25) is 5.91 Å². The number of nitrogens with one attached hydrogen (secondary N) is 1. The van der Waals surface area contributed by atoms with Crippen molar-refractivity contribution in [3.63, 3.8) is 0 Å². The van der Waals surface area contributed by atoms with Gasteiger partial charge in [-0.3, -0.25) is 4.79 Å². The van der Waals surface area contributed by atoms with Gasteiger partial charge in [-0.2, -0.15) is 0 Å². The predicted molar refractivity (Wildman–Crippen MR) is 59.1 cm³/mol. The van der Waals surface area contributed by atoms with Crippen LogP contribution in [-0.4, -0.2) is 12.5 Å². The number of hydrogen-bond donors (Lipinski definition) is 1. The summed E-state index contributed by atoms with van der Waals surface area (Å²) in [6.45, 7) is 2.78. The maximum Gasteiger partial charge on any atom is 0.230 e. The van der Waals surface area contributed by atoms with Gasteiger partial charge in [-0.1, -0.05) is 28.1 Å². The molecule has 1 heterocycles. The fourth-order valence-corrected chi connectivity index (χ4v) is 2.09. The van der Waals surface area contributed by atoms with Crippen LogP contribution in [0.2, 0.25) is 0 Å². The lowest BCUT2D eigenvalue weighted by molar-refractivity contribution is -0.123. The molecule has 2 nitrogen and oxygen atoms in total. The zero-order chi connectivity index (χ0) is 10.2. The van der Waals surface area contributed by atoms with E-state index in [0.29, 0.717) is 0 Å². The van der Waals surface area contributed by atoms with E-state index in [1.54, 1.807) is 0 Å². The molecule has 1 aromatic rings. The van der Waals surface area contributed by atoms with E-state index in [1.165, 1.54) is 0 Å². The summed E-state index contributed by atoms with van der Waals surface area (Å²) in [5.41, 5.74) is 0.761. The lowest BCUT2D eigenvalue weighted by atomic mass is 9.81. The van der Waals surface area contributed by atoms with E-state index in [2.05, 4.69) is 21.2 Å². The molecule has 1 atom stereocenters.